The number of nitrogens with two attached hydrogens (primary N) is 1. The van der Waals surface area contributed by atoms with Crippen LogP contribution in [-0.4, -0.2) is 30.6 Å². The van der Waals surface area contributed by atoms with Gasteiger partial charge in [0.25, 0.3) is 0 Å². The highest BCUT2D eigenvalue weighted by Crippen LogP contribution is 2.10. The fourth-order valence-corrected chi connectivity index (χ4v) is 2.36. The first-order valence-corrected chi connectivity index (χ1v) is 7.50. The molecule has 1 heterocycles. The van der Waals surface area contributed by atoms with E-state index in [4.69, 9.17) is 10.5 Å². The predicted octanol–water partition coefficient (Wildman–Crippen LogP) is 3.14. The van der Waals surface area contributed by atoms with Crippen molar-refractivity contribution in [3.8, 4) is 0 Å². The first-order valence-electron chi connectivity index (χ1n) is 7.50. The molecule has 5 heteroatoms. The van der Waals surface area contributed by atoms with Gasteiger partial charge in [0.1, 0.15) is 0 Å². The molecular weight excluding hydrogens is 377 g/mol. The van der Waals surface area contributed by atoms with Crippen LogP contribution in [0.2, 0.25) is 0 Å². The van der Waals surface area contributed by atoms with Crippen LogP contribution in [-0.2, 0) is 17.9 Å². The SMILES string of the molecule is CCOCc1ccc(CN=C(N)N2CCCCC2)cc1.I. The second kappa shape index (κ2) is 10.00. The van der Waals surface area contributed by atoms with Gasteiger partial charge in [0, 0.05) is 19.7 Å². The molecule has 0 aliphatic carbocycles. The molecule has 1 aliphatic heterocycles. The summed E-state index contributed by atoms with van der Waals surface area (Å²) in [7, 11) is 0. The minimum Gasteiger partial charge on any atom is -0.377 e. The molecule has 1 aliphatic rings. The van der Waals surface area contributed by atoms with Crippen molar-refractivity contribution in [3.63, 3.8) is 0 Å². The third kappa shape index (κ3) is 6.22. The summed E-state index contributed by atoms with van der Waals surface area (Å²) in [5.74, 6) is 0.683. The van der Waals surface area contributed by atoms with Crippen LogP contribution in [0.1, 0.15) is 37.3 Å². The molecule has 0 saturated carbocycles. The van der Waals surface area contributed by atoms with Crippen LogP contribution in [0.25, 0.3) is 0 Å². The lowest BCUT2D eigenvalue weighted by Gasteiger charge is -2.27. The molecule has 0 atom stereocenters. The normalized spacial score (nSPS) is 15.7. The summed E-state index contributed by atoms with van der Waals surface area (Å²) in [6.45, 7) is 6.17. The van der Waals surface area contributed by atoms with Crippen molar-refractivity contribution in [2.45, 2.75) is 39.3 Å². The molecule has 2 N–H and O–H groups in total. The van der Waals surface area contributed by atoms with Crippen LogP contribution < -0.4 is 5.73 Å². The average molecular weight is 403 g/mol. The van der Waals surface area contributed by atoms with Gasteiger partial charge in [-0.25, -0.2) is 4.99 Å². The molecule has 0 spiro atoms. The Hall–Kier alpha value is -0.820. The molecule has 0 aromatic heterocycles. The molecule has 118 valence electrons. The van der Waals surface area contributed by atoms with Crippen molar-refractivity contribution in [2.75, 3.05) is 19.7 Å². The fraction of sp³-hybridized carbons (Fsp3) is 0.562. The number of benzene rings is 1. The largest absolute Gasteiger partial charge is 0.377 e. The Morgan fingerprint density at radius 3 is 2.38 bits per heavy atom. The van der Waals surface area contributed by atoms with Crippen molar-refractivity contribution >= 4 is 29.9 Å². The Balaban J connectivity index is 0.00000220. The van der Waals surface area contributed by atoms with E-state index in [1.807, 2.05) is 6.92 Å². The Kier molecular flexibility index (Phi) is 8.68. The minimum atomic E-state index is 0. The van der Waals surface area contributed by atoms with Gasteiger partial charge in [-0.3, -0.25) is 0 Å². The molecule has 2 rings (SSSR count). The summed E-state index contributed by atoms with van der Waals surface area (Å²) in [5, 5.41) is 0. The van der Waals surface area contributed by atoms with Gasteiger partial charge in [-0.1, -0.05) is 24.3 Å². The van der Waals surface area contributed by atoms with Gasteiger partial charge in [-0.2, -0.15) is 0 Å². The number of likely N-dealkylation sites (tertiary alicyclic amines) is 1. The molecule has 0 unspecified atom stereocenters. The summed E-state index contributed by atoms with van der Waals surface area (Å²) >= 11 is 0. The topological polar surface area (TPSA) is 50.9 Å². The van der Waals surface area contributed by atoms with Crippen molar-refractivity contribution < 1.29 is 4.74 Å². The summed E-state index contributed by atoms with van der Waals surface area (Å²) < 4.78 is 5.38. The second-order valence-electron chi connectivity index (χ2n) is 5.18. The molecule has 1 fully saturated rings. The number of nitrogens with zero attached hydrogens (tertiary/aromatic N) is 2. The van der Waals surface area contributed by atoms with Gasteiger partial charge in [-0.05, 0) is 37.3 Å². The van der Waals surface area contributed by atoms with Crippen molar-refractivity contribution in [2.24, 2.45) is 10.7 Å². The highest BCUT2D eigenvalue weighted by atomic mass is 127. The van der Waals surface area contributed by atoms with E-state index in [0.717, 1.165) is 19.7 Å². The van der Waals surface area contributed by atoms with Crippen LogP contribution >= 0.6 is 24.0 Å². The zero-order valence-electron chi connectivity index (χ0n) is 12.8. The standard InChI is InChI=1S/C16H25N3O.HI/c1-2-20-13-15-8-6-14(7-9-15)12-18-16(17)19-10-4-3-5-11-19;/h6-9H,2-5,10-13H2,1H3,(H2,17,18);1H. The van der Waals surface area contributed by atoms with Crippen LogP contribution in [0.4, 0.5) is 0 Å². The minimum absolute atomic E-state index is 0. The van der Waals surface area contributed by atoms with Gasteiger partial charge < -0.3 is 15.4 Å². The molecule has 0 radical (unpaired) electrons. The van der Waals surface area contributed by atoms with Gasteiger partial charge in [0.15, 0.2) is 5.96 Å². The number of rotatable bonds is 5. The van der Waals surface area contributed by atoms with E-state index in [1.54, 1.807) is 0 Å². The first kappa shape index (κ1) is 18.2. The Morgan fingerprint density at radius 2 is 1.76 bits per heavy atom. The molecule has 4 nitrogen and oxygen atoms in total. The van der Waals surface area contributed by atoms with E-state index in [0.29, 0.717) is 19.1 Å². The molecular formula is C16H26IN3O. The summed E-state index contributed by atoms with van der Waals surface area (Å²) in [4.78, 5) is 6.69. The smallest absolute Gasteiger partial charge is 0.191 e. The molecule has 0 bridgehead atoms. The number of piperidine rings is 1. The summed E-state index contributed by atoms with van der Waals surface area (Å²) in [5.41, 5.74) is 8.43. The van der Waals surface area contributed by atoms with E-state index in [1.165, 1.54) is 30.4 Å². The van der Waals surface area contributed by atoms with Crippen molar-refractivity contribution in [1.29, 1.82) is 0 Å². The second-order valence-corrected chi connectivity index (χ2v) is 5.18. The monoisotopic (exact) mass is 403 g/mol. The number of ether oxygens (including phenoxy) is 1. The Morgan fingerprint density at radius 1 is 1.14 bits per heavy atom. The third-order valence-corrected chi connectivity index (χ3v) is 3.60. The van der Waals surface area contributed by atoms with E-state index in [-0.39, 0.29) is 24.0 Å². The molecule has 1 aromatic rings. The average Bonchev–Trinajstić information content (AvgIpc) is 2.52. The summed E-state index contributed by atoms with van der Waals surface area (Å²) in [6.07, 6.45) is 3.76. The highest BCUT2D eigenvalue weighted by molar-refractivity contribution is 14.0. The number of halogens is 1. The van der Waals surface area contributed by atoms with Crippen molar-refractivity contribution in [3.05, 3.63) is 35.4 Å². The quantitative estimate of drug-likeness (QED) is 0.467. The van der Waals surface area contributed by atoms with Gasteiger partial charge in [0.2, 0.25) is 0 Å². The van der Waals surface area contributed by atoms with Crippen molar-refractivity contribution in [1.82, 2.24) is 4.90 Å². The summed E-state index contributed by atoms with van der Waals surface area (Å²) in [6, 6.07) is 8.39. The number of hydrogen-bond donors (Lipinski definition) is 1. The maximum atomic E-state index is 6.05. The number of aliphatic imine (C=N–C) groups is 1. The lowest BCUT2D eigenvalue weighted by Crippen LogP contribution is -2.40. The first-order chi connectivity index (χ1) is 9.79. The van der Waals surface area contributed by atoms with Crippen LogP contribution in [0.15, 0.2) is 29.3 Å². The number of hydrogen-bond acceptors (Lipinski definition) is 2. The zero-order valence-corrected chi connectivity index (χ0v) is 15.1. The van der Waals surface area contributed by atoms with Crippen LogP contribution in [0.5, 0.6) is 0 Å². The van der Waals surface area contributed by atoms with Crippen LogP contribution in [0, 0.1) is 0 Å². The number of guanidine groups is 1. The highest BCUT2D eigenvalue weighted by Gasteiger charge is 2.11. The fourth-order valence-electron chi connectivity index (χ4n) is 2.36. The maximum Gasteiger partial charge on any atom is 0.191 e. The van der Waals surface area contributed by atoms with E-state index in [9.17, 15) is 0 Å². The zero-order chi connectivity index (χ0) is 14.2. The predicted molar refractivity (Wildman–Crippen MR) is 97.9 cm³/mol. The van der Waals surface area contributed by atoms with Gasteiger partial charge in [-0.15, -0.1) is 24.0 Å². The van der Waals surface area contributed by atoms with Gasteiger partial charge in [0.05, 0.1) is 13.2 Å². The molecule has 1 saturated heterocycles. The lowest BCUT2D eigenvalue weighted by molar-refractivity contribution is 0.134. The lowest BCUT2D eigenvalue weighted by atomic mass is 10.1. The molecule has 0 amide bonds. The Labute approximate surface area is 144 Å². The molecule has 1 aromatic carbocycles. The van der Waals surface area contributed by atoms with E-state index < -0.39 is 0 Å². The van der Waals surface area contributed by atoms with E-state index >= 15 is 0 Å². The third-order valence-electron chi connectivity index (χ3n) is 3.60. The van der Waals surface area contributed by atoms with E-state index in [2.05, 4.69) is 34.2 Å². The maximum absolute atomic E-state index is 6.05. The Bertz CT molecular complexity index is 428. The van der Waals surface area contributed by atoms with Crippen LogP contribution in [0.3, 0.4) is 0 Å². The molecule has 21 heavy (non-hydrogen) atoms. The van der Waals surface area contributed by atoms with Gasteiger partial charge >= 0.3 is 0 Å².